The van der Waals surface area contributed by atoms with Crippen LogP contribution in [0.3, 0.4) is 0 Å². The van der Waals surface area contributed by atoms with Crippen molar-refractivity contribution in [2.24, 2.45) is 0 Å². The van der Waals surface area contributed by atoms with E-state index in [1.165, 1.54) is 6.07 Å². The molecule has 1 fully saturated rings. The Morgan fingerprint density at radius 2 is 2.00 bits per heavy atom. The first kappa shape index (κ1) is 17.7. The fourth-order valence-corrected chi connectivity index (χ4v) is 2.97. The normalized spacial score (nSPS) is 13.7. The van der Waals surface area contributed by atoms with Crippen molar-refractivity contribution in [3.63, 3.8) is 0 Å². The van der Waals surface area contributed by atoms with Gasteiger partial charge in [-0.05, 0) is 37.1 Å². The molecule has 1 aliphatic heterocycles. The molecule has 2 aromatic carbocycles. The maximum atomic E-state index is 11.8. The third kappa shape index (κ3) is 3.93. The fraction of sp³-hybridized carbons (Fsp3) is 0.316. The van der Waals surface area contributed by atoms with Crippen LogP contribution in [0.2, 0.25) is 0 Å². The van der Waals surface area contributed by atoms with Gasteiger partial charge >= 0.3 is 5.69 Å². The van der Waals surface area contributed by atoms with Crippen LogP contribution in [0.5, 0.6) is 5.75 Å². The van der Waals surface area contributed by atoms with Crippen LogP contribution in [-0.2, 0) is 11.3 Å². The lowest BCUT2D eigenvalue weighted by Gasteiger charge is -2.16. The quantitative estimate of drug-likeness (QED) is 0.604. The molecule has 2 aromatic rings. The smallest absolute Gasteiger partial charge is 0.311 e. The zero-order valence-electron chi connectivity index (χ0n) is 14.6. The second-order valence-electron chi connectivity index (χ2n) is 6.04. The highest BCUT2D eigenvalue weighted by Gasteiger charge is 2.21. The van der Waals surface area contributed by atoms with E-state index >= 15 is 0 Å². The lowest BCUT2D eigenvalue weighted by Crippen LogP contribution is -2.23. The summed E-state index contributed by atoms with van der Waals surface area (Å²) in [5.74, 6) is 0.426. The van der Waals surface area contributed by atoms with Crippen molar-refractivity contribution in [2.45, 2.75) is 26.3 Å². The Balaban J connectivity index is 1.66. The highest BCUT2D eigenvalue weighted by Crippen LogP contribution is 2.30. The van der Waals surface area contributed by atoms with Crippen LogP contribution < -0.4 is 15.0 Å². The van der Waals surface area contributed by atoms with Crippen LogP contribution in [-0.4, -0.2) is 24.0 Å². The summed E-state index contributed by atoms with van der Waals surface area (Å²) < 4.78 is 5.35. The maximum Gasteiger partial charge on any atom is 0.311 e. The van der Waals surface area contributed by atoms with Gasteiger partial charge in [0.25, 0.3) is 0 Å². The summed E-state index contributed by atoms with van der Waals surface area (Å²) in [5, 5.41) is 14.3. The lowest BCUT2D eigenvalue weighted by molar-refractivity contribution is -0.385. The number of carbonyl (C=O) groups is 1. The number of nitro benzene ring substituents is 1. The van der Waals surface area contributed by atoms with Gasteiger partial charge in [-0.25, -0.2) is 0 Å². The first-order valence-electron chi connectivity index (χ1n) is 8.63. The van der Waals surface area contributed by atoms with E-state index in [4.69, 9.17) is 4.74 Å². The summed E-state index contributed by atoms with van der Waals surface area (Å²) in [6, 6.07) is 12.6. The molecule has 0 unspecified atom stereocenters. The minimum atomic E-state index is -0.451. The van der Waals surface area contributed by atoms with Gasteiger partial charge in [0.2, 0.25) is 5.91 Å². The van der Waals surface area contributed by atoms with Gasteiger partial charge in [-0.1, -0.05) is 12.1 Å². The number of carbonyl (C=O) groups excluding carboxylic acids is 1. The number of nitrogens with zero attached hydrogens (tertiary/aromatic N) is 2. The number of hydrogen-bond acceptors (Lipinski definition) is 5. The third-order valence-electron chi connectivity index (χ3n) is 4.27. The van der Waals surface area contributed by atoms with E-state index in [-0.39, 0.29) is 17.3 Å². The van der Waals surface area contributed by atoms with Gasteiger partial charge in [-0.2, -0.15) is 0 Å². The molecule has 0 atom stereocenters. The first-order valence-corrected chi connectivity index (χ1v) is 8.63. The molecule has 1 saturated heterocycles. The Kier molecular flexibility index (Phi) is 5.36. The number of benzene rings is 2. The molecule has 26 heavy (non-hydrogen) atoms. The summed E-state index contributed by atoms with van der Waals surface area (Å²) in [6.07, 6.45) is 1.52. The zero-order valence-corrected chi connectivity index (χ0v) is 14.6. The number of rotatable bonds is 7. The Labute approximate surface area is 151 Å². The molecular weight excluding hydrogens is 334 g/mol. The summed E-state index contributed by atoms with van der Waals surface area (Å²) in [5.41, 5.74) is 2.68. The molecule has 136 valence electrons. The largest absolute Gasteiger partial charge is 0.487 e. The minimum absolute atomic E-state index is 0.0444. The second kappa shape index (κ2) is 7.86. The highest BCUT2D eigenvalue weighted by molar-refractivity contribution is 5.95. The van der Waals surface area contributed by atoms with E-state index in [9.17, 15) is 14.9 Å². The molecule has 0 aliphatic carbocycles. The predicted octanol–water partition coefficient (Wildman–Crippen LogP) is 3.73. The van der Waals surface area contributed by atoms with Crippen LogP contribution in [0.15, 0.2) is 42.5 Å². The van der Waals surface area contributed by atoms with Crippen molar-refractivity contribution in [3.05, 3.63) is 58.1 Å². The number of ether oxygens (including phenoxy) is 1. The zero-order chi connectivity index (χ0) is 18.5. The van der Waals surface area contributed by atoms with Gasteiger partial charge in [-0.15, -0.1) is 0 Å². The number of nitro groups is 1. The molecule has 7 heteroatoms. The fourth-order valence-electron chi connectivity index (χ4n) is 2.97. The summed E-state index contributed by atoms with van der Waals surface area (Å²) >= 11 is 0. The molecule has 7 nitrogen and oxygen atoms in total. The number of nitrogens with one attached hydrogen (secondary N) is 1. The Bertz CT molecular complexity index is 805. The standard InChI is InChI=1S/C19H21N3O4/c1-2-26-18-12-15(7-10-17(18)22(24)25)20-13-14-5-8-16(9-6-14)21-11-3-4-19(21)23/h5-10,12,20H,2-4,11,13H2,1H3. The highest BCUT2D eigenvalue weighted by atomic mass is 16.6. The van der Waals surface area contributed by atoms with E-state index in [2.05, 4.69) is 5.32 Å². The van der Waals surface area contributed by atoms with Gasteiger partial charge in [0, 0.05) is 43.0 Å². The van der Waals surface area contributed by atoms with Crippen LogP contribution in [0.4, 0.5) is 17.1 Å². The minimum Gasteiger partial charge on any atom is -0.487 e. The second-order valence-corrected chi connectivity index (χ2v) is 6.04. The van der Waals surface area contributed by atoms with E-state index < -0.39 is 4.92 Å². The van der Waals surface area contributed by atoms with Gasteiger partial charge < -0.3 is 15.0 Å². The summed E-state index contributed by atoms with van der Waals surface area (Å²) in [7, 11) is 0. The van der Waals surface area contributed by atoms with Crippen molar-refractivity contribution in [1.82, 2.24) is 0 Å². The molecule has 1 N–H and O–H groups in total. The van der Waals surface area contributed by atoms with Crippen LogP contribution in [0.1, 0.15) is 25.3 Å². The molecule has 0 aromatic heterocycles. The average molecular weight is 355 g/mol. The number of amides is 1. The van der Waals surface area contributed by atoms with Gasteiger partial charge in [0.15, 0.2) is 5.75 Å². The Morgan fingerprint density at radius 3 is 2.62 bits per heavy atom. The molecule has 0 spiro atoms. The van der Waals surface area contributed by atoms with Crippen molar-refractivity contribution >= 4 is 23.0 Å². The predicted molar refractivity (Wildman–Crippen MR) is 99.6 cm³/mol. The van der Waals surface area contributed by atoms with E-state index in [0.717, 1.165) is 29.9 Å². The first-order chi connectivity index (χ1) is 12.6. The Hall–Kier alpha value is -3.09. The average Bonchev–Trinajstić information content (AvgIpc) is 3.06. The van der Waals surface area contributed by atoms with E-state index in [1.807, 2.05) is 29.2 Å². The SMILES string of the molecule is CCOc1cc(NCc2ccc(N3CCCC3=O)cc2)ccc1[N+](=O)[O-]. The number of anilines is 2. The van der Waals surface area contributed by atoms with Gasteiger partial charge in [-0.3, -0.25) is 14.9 Å². The molecular formula is C19H21N3O4. The van der Waals surface area contributed by atoms with Crippen LogP contribution in [0, 0.1) is 10.1 Å². The molecule has 0 radical (unpaired) electrons. The lowest BCUT2D eigenvalue weighted by atomic mass is 10.2. The van der Waals surface area contributed by atoms with Crippen molar-refractivity contribution in [2.75, 3.05) is 23.4 Å². The van der Waals surface area contributed by atoms with E-state index in [1.54, 1.807) is 19.1 Å². The molecule has 1 aliphatic rings. The molecule has 1 heterocycles. The molecule has 3 rings (SSSR count). The van der Waals surface area contributed by atoms with Crippen molar-refractivity contribution < 1.29 is 14.5 Å². The topological polar surface area (TPSA) is 84.7 Å². The van der Waals surface area contributed by atoms with Crippen molar-refractivity contribution in [3.8, 4) is 5.75 Å². The van der Waals surface area contributed by atoms with Gasteiger partial charge in [0.05, 0.1) is 11.5 Å². The summed E-state index contributed by atoms with van der Waals surface area (Å²) in [4.78, 5) is 24.2. The summed E-state index contributed by atoms with van der Waals surface area (Å²) in [6.45, 7) is 3.49. The number of hydrogen-bond donors (Lipinski definition) is 1. The van der Waals surface area contributed by atoms with Crippen LogP contribution >= 0.6 is 0 Å². The van der Waals surface area contributed by atoms with Gasteiger partial charge in [0.1, 0.15) is 0 Å². The van der Waals surface area contributed by atoms with E-state index in [0.29, 0.717) is 19.6 Å². The Morgan fingerprint density at radius 1 is 1.23 bits per heavy atom. The maximum absolute atomic E-state index is 11.8. The third-order valence-corrected chi connectivity index (χ3v) is 4.27. The molecule has 0 saturated carbocycles. The monoisotopic (exact) mass is 355 g/mol. The van der Waals surface area contributed by atoms with Crippen molar-refractivity contribution in [1.29, 1.82) is 0 Å². The van der Waals surface area contributed by atoms with Crippen LogP contribution in [0.25, 0.3) is 0 Å². The molecule has 1 amide bonds. The molecule has 0 bridgehead atoms.